The molecule has 12 N–H and O–H groups in total. The van der Waals surface area contributed by atoms with Crippen molar-refractivity contribution >= 4 is 212 Å². The van der Waals surface area contributed by atoms with Crippen LogP contribution in [-0.4, -0.2) is 147 Å². The maximum absolute atomic E-state index is 12.7. The summed E-state index contributed by atoms with van der Waals surface area (Å²) < 4.78 is 51.4. The van der Waals surface area contributed by atoms with Crippen LogP contribution in [0.3, 0.4) is 0 Å². The number of aryl methyl sites for hydroxylation is 11. The summed E-state index contributed by atoms with van der Waals surface area (Å²) in [6.07, 6.45) is 3.70. The normalized spacial score (nSPS) is 12.7. The average molecular weight is 2030 g/mol. The van der Waals surface area contributed by atoms with Crippen molar-refractivity contribution < 1.29 is 56.1 Å². The van der Waals surface area contributed by atoms with Gasteiger partial charge in [-0.05, 0) is 213 Å². The van der Waals surface area contributed by atoms with Crippen molar-refractivity contribution in [3.05, 3.63) is 187 Å². The Hall–Kier alpha value is -12.0. The summed E-state index contributed by atoms with van der Waals surface area (Å²) in [7, 11) is 3.09. The molecule has 32 nitrogen and oxygen atoms in total. The molecule has 2 aliphatic heterocycles. The smallest absolute Gasteiger partial charge is 0.248 e. The highest BCUT2D eigenvalue weighted by atomic mass is 32.2. The number of sulfonamides is 1. The van der Waals surface area contributed by atoms with Gasteiger partial charge in [-0.2, -0.15) is 0 Å². The second-order valence-corrected chi connectivity index (χ2v) is 43.3. The quantitative estimate of drug-likeness (QED) is 0.0227. The molecule has 0 spiro atoms. The number of aromatic nitrogens is 10. The Balaban J connectivity index is 0.000000136. The molecule has 3 aliphatic rings. The van der Waals surface area contributed by atoms with E-state index in [1.165, 1.54) is 81.0 Å². The second-order valence-electron chi connectivity index (χ2n) is 31.6. The monoisotopic (exact) mass is 2030 g/mol. The van der Waals surface area contributed by atoms with E-state index in [0.29, 0.717) is 96.7 Å². The summed E-state index contributed by atoms with van der Waals surface area (Å²) >= 11 is 15.3. The number of nitrogens with zero attached hydrogens (tertiary/aromatic N) is 11. The molecule has 3 amide bonds. The lowest BCUT2D eigenvalue weighted by molar-refractivity contribution is -0.121. The number of hydrogen-bond donors (Lipinski definition) is 9. The fourth-order valence-electron chi connectivity index (χ4n) is 14.7. The van der Waals surface area contributed by atoms with E-state index >= 15 is 0 Å². The van der Waals surface area contributed by atoms with Gasteiger partial charge in [0.1, 0.15) is 28.7 Å². The summed E-state index contributed by atoms with van der Waals surface area (Å²) in [6, 6.07) is 20.6. The highest BCUT2D eigenvalue weighted by molar-refractivity contribution is 7.89. The molecule has 1 aliphatic carbocycles. The Morgan fingerprint density at radius 3 is 1.35 bits per heavy atom. The Morgan fingerprint density at radius 2 is 0.904 bits per heavy atom. The third-order valence-corrected chi connectivity index (χ3v) is 31.2. The number of ketones is 2. The van der Waals surface area contributed by atoms with Gasteiger partial charge in [-0.25, -0.2) is 63.4 Å². The molecule has 5 aromatic carbocycles. The van der Waals surface area contributed by atoms with Crippen LogP contribution in [0.2, 0.25) is 0 Å². The first kappa shape index (κ1) is 99.0. The van der Waals surface area contributed by atoms with Crippen LogP contribution in [0.4, 0.5) is 59.2 Å². The summed E-state index contributed by atoms with van der Waals surface area (Å²) in [5.41, 5.74) is 28.2. The van der Waals surface area contributed by atoms with Gasteiger partial charge in [0, 0.05) is 73.5 Å². The first-order chi connectivity index (χ1) is 64.4. The number of Topliss-reactive ketones (excluding diaryl/α,β-unsaturated/α-hetero) is 2. The zero-order valence-electron chi connectivity index (χ0n) is 76.7. The summed E-state index contributed by atoms with van der Waals surface area (Å²) in [5.74, 6) is 2.52. The number of likely N-dealkylation sites (tertiary alicyclic amines) is 1. The summed E-state index contributed by atoms with van der Waals surface area (Å²) in [4.78, 5) is 112. The van der Waals surface area contributed by atoms with E-state index in [9.17, 15) is 32.4 Å². The van der Waals surface area contributed by atoms with E-state index in [1.807, 2.05) is 128 Å². The molecule has 0 bridgehead atoms. The van der Waals surface area contributed by atoms with Gasteiger partial charge in [-0.3, -0.25) is 24.0 Å². The lowest BCUT2D eigenvalue weighted by Crippen LogP contribution is -2.35. The molecular weight excluding hydrogens is 1930 g/mol. The minimum absolute atomic E-state index is 0.00688. The fourth-order valence-corrected chi connectivity index (χ4v) is 23.7. The van der Waals surface area contributed by atoms with Crippen LogP contribution in [0, 0.1) is 75.2 Å². The predicted octanol–water partition coefficient (Wildman–Crippen LogP) is 21.3. The highest BCUT2D eigenvalue weighted by Crippen LogP contribution is 2.45. The van der Waals surface area contributed by atoms with Crippen molar-refractivity contribution in [3.63, 3.8) is 0 Å². The molecular formula is C92H98N20O12S11. The van der Waals surface area contributed by atoms with Crippen LogP contribution in [0.5, 0.6) is 28.7 Å². The molecule has 1 fully saturated rings. The number of carbonyl (C=O) groups is 5. The standard InChI is InChI=1S/C24H30N6O3S2.C18H17N3O2S2.C17H18N4O2S2.C17H17N3O2S2.C16H16N4O3S3/c1-13(2)33-19-6-5-16(21(25)31)11-17(19)27-23-28-18(12-34-23)20-14(3)26-24(35-20)29-22(32)15-7-9-30(4)10-8-15;1-9-17(25-10(2)19-9)14-8-24-18(21-14)20-13-7-12-11(4-5-15(12)22)6-16(13)23-3;1-8-5-11(16(18)22)6-12(14(8)23-4)20-17-21-13(7-24-17)15-9(2)19-10(3)25-15;1-9-16(24-11(3)18-9)14-8-23-17(20-14)19-13-6-5-12(10(2)21)7-15(13)22-4;1-8-15(25-9(2)18-8)13-7-24-16(20-13)19-12-6-11(26(17,21)22)5-10-3-4-23-14(10)12/h5-6,11-13,15H,7-10H2,1-4H3,(H2,25,31)(H,27,28)(H,26,29,32);6-8H,4-5H2,1-3H3,(H,20,21);5-7H,1-4H3,(H2,18,22)(H,20,21);5-8H,1-4H3,(H,19,20);5-7H,3-4H2,1-2H3,(H,19,20)(H2,17,21,22). The Labute approximate surface area is 820 Å². The summed E-state index contributed by atoms with van der Waals surface area (Å²) in [5, 5.41) is 42.6. The number of rotatable bonds is 26. The second kappa shape index (κ2) is 43.4. The number of hydrogen-bond acceptors (Lipinski definition) is 38. The first-order valence-corrected chi connectivity index (χ1v) is 52.2. The molecule has 10 aromatic heterocycles. The number of benzene rings is 5. The van der Waals surface area contributed by atoms with Crippen LogP contribution in [0.15, 0.2) is 105 Å². The first-order valence-electron chi connectivity index (χ1n) is 42.1. The number of primary sulfonamides is 1. The van der Waals surface area contributed by atoms with Gasteiger partial charge in [0.25, 0.3) is 0 Å². The number of methoxy groups -OCH3 is 3. The maximum atomic E-state index is 12.7. The third kappa shape index (κ3) is 24.5. The van der Waals surface area contributed by atoms with Gasteiger partial charge in [-0.1, -0.05) is 11.3 Å². The van der Waals surface area contributed by atoms with Crippen molar-refractivity contribution in [2.45, 2.75) is 133 Å². The SMILES string of the molecule is COc1c(C)cc(C(N)=O)cc1Nc1nc(-c2sc(C)nc2C)cs1.COc1cc(C(C)=O)ccc1Nc1nc(-c2sc(C)nc2C)cs1.COc1cc2c(cc1Nc1nc(-c3sc(C)nc3C)cs1)C(=O)CC2.Cc1nc(C)c(-c2csc(Nc3cc(S(N)(=O)=O)cc4c3OCC4)n2)s1.Cc1nc(NC(=O)C2CCN(C)CC2)sc1-c1csc(Nc2cc(C(N)=O)ccc2OC(C)C)n1. The van der Waals surface area contributed by atoms with E-state index in [1.54, 1.807) is 115 Å². The number of nitrogens with one attached hydrogen (secondary N) is 6. The van der Waals surface area contributed by atoms with Gasteiger partial charge in [0.2, 0.25) is 27.7 Å². The number of fused-ring (bicyclic) bond motifs is 2. The number of carbonyl (C=O) groups excluding carboxylic acids is 5. The largest absolute Gasteiger partial charge is 0.495 e. The van der Waals surface area contributed by atoms with E-state index in [4.69, 9.17) is 45.3 Å². The van der Waals surface area contributed by atoms with Crippen molar-refractivity contribution in [3.8, 4) is 81.6 Å². The molecule has 1 saturated heterocycles. The zero-order valence-corrected chi connectivity index (χ0v) is 85.6. The van der Waals surface area contributed by atoms with Crippen molar-refractivity contribution in [1.82, 2.24) is 54.7 Å². The molecule has 0 unspecified atom stereocenters. The minimum Gasteiger partial charge on any atom is -0.495 e. The maximum Gasteiger partial charge on any atom is 0.248 e. The van der Waals surface area contributed by atoms with Crippen LogP contribution in [0.25, 0.3) is 52.9 Å². The van der Waals surface area contributed by atoms with E-state index in [0.717, 1.165) is 183 Å². The van der Waals surface area contributed by atoms with Crippen molar-refractivity contribution in [2.24, 2.45) is 22.5 Å². The average Bonchev–Trinajstić information content (AvgIpc) is 1.70. The molecule has 15 aromatic rings. The lowest BCUT2D eigenvalue weighted by Gasteiger charge is -2.27. The number of ether oxygens (including phenoxy) is 5. The predicted molar refractivity (Wildman–Crippen MR) is 547 cm³/mol. The minimum atomic E-state index is -3.80. The van der Waals surface area contributed by atoms with E-state index in [2.05, 4.69) is 88.7 Å². The molecule has 135 heavy (non-hydrogen) atoms. The van der Waals surface area contributed by atoms with Crippen LogP contribution >= 0.6 is 113 Å². The Kier molecular flexibility index (Phi) is 31.8. The van der Waals surface area contributed by atoms with Gasteiger partial charge >= 0.3 is 0 Å². The fraction of sp³-hybridized carbons (Fsp3) is 0.293. The number of thiazole rings is 10. The Bertz CT molecular complexity index is 7050. The lowest BCUT2D eigenvalue weighted by atomic mass is 9.96. The highest BCUT2D eigenvalue weighted by Gasteiger charge is 2.29. The van der Waals surface area contributed by atoms with Gasteiger partial charge in [-0.15, -0.1) is 102 Å². The molecule has 0 atom stereocenters. The van der Waals surface area contributed by atoms with Crippen LogP contribution < -0.4 is 72.2 Å². The topological polar surface area (TPSA) is 448 Å². The third-order valence-electron chi connectivity index (χ3n) is 21.1. The zero-order chi connectivity index (χ0) is 96.5. The van der Waals surface area contributed by atoms with Crippen molar-refractivity contribution in [1.29, 1.82) is 0 Å². The molecule has 18 rings (SSSR count). The van der Waals surface area contributed by atoms with Crippen molar-refractivity contribution in [2.75, 3.05) is 80.0 Å². The van der Waals surface area contributed by atoms with E-state index < -0.39 is 21.8 Å². The molecule has 0 radical (unpaired) electrons. The number of primary amides is 2. The van der Waals surface area contributed by atoms with Crippen LogP contribution in [-0.2, 0) is 27.7 Å². The molecule has 12 heterocycles. The number of nitrogens with two attached hydrogens (primary N) is 3. The van der Waals surface area contributed by atoms with E-state index in [-0.39, 0.29) is 34.4 Å². The number of anilines is 11. The summed E-state index contributed by atoms with van der Waals surface area (Å²) in [6.45, 7) is 27.4. The molecule has 704 valence electrons. The van der Waals surface area contributed by atoms with Gasteiger partial charge < -0.3 is 72.0 Å². The number of piperidine rings is 1. The molecule has 43 heteroatoms. The van der Waals surface area contributed by atoms with Crippen LogP contribution in [0.1, 0.15) is 147 Å². The number of amides is 3. The van der Waals surface area contributed by atoms with Gasteiger partial charge in [0.05, 0.1) is 169 Å². The van der Waals surface area contributed by atoms with Gasteiger partial charge in [0.15, 0.2) is 42.4 Å². The Morgan fingerprint density at radius 1 is 0.467 bits per heavy atom. The molecule has 0 saturated carbocycles.